The first kappa shape index (κ1) is 17.0. The topological polar surface area (TPSA) is 41.6 Å². The van der Waals surface area contributed by atoms with Crippen LogP contribution < -0.4 is 5.32 Å². The van der Waals surface area contributed by atoms with Gasteiger partial charge in [-0.1, -0.05) is 18.2 Å². The number of amides is 1. The van der Waals surface area contributed by atoms with Crippen LogP contribution in [0.2, 0.25) is 0 Å². The fourth-order valence-electron chi connectivity index (χ4n) is 2.81. The van der Waals surface area contributed by atoms with Crippen LogP contribution in [0.15, 0.2) is 18.2 Å². The molecule has 0 spiro atoms. The van der Waals surface area contributed by atoms with Crippen LogP contribution in [-0.4, -0.2) is 42.6 Å². The van der Waals surface area contributed by atoms with Gasteiger partial charge in [0, 0.05) is 25.7 Å². The number of hydrogen-bond acceptors (Lipinski definition) is 3. The second-order valence-electron chi connectivity index (χ2n) is 6.42. The molecule has 1 aromatic carbocycles. The van der Waals surface area contributed by atoms with Crippen LogP contribution in [0, 0.1) is 13.8 Å². The summed E-state index contributed by atoms with van der Waals surface area (Å²) in [5, 5.41) is 3.02. The predicted molar refractivity (Wildman–Crippen MR) is 88.8 cm³/mol. The maximum absolute atomic E-state index is 12.1. The van der Waals surface area contributed by atoms with E-state index in [0.29, 0.717) is 25.6 Å². The monoisotopic (exact) mass is 304 g/mol. The minimum absolute atomic E-state index is 0.00903. The predicted octanol–water partition coefficient (Wildman–Crippen LogP) is 2.42. The van der Waals surface area contributed by atoms with E-state index in [1.165, 1.54) is 16.7 Å². The van der Waals surface area contributed by atoms with Gasteiger partial charge in [0.1, 0.15) is 0 Å². The molecule has 22 heavy (non-hydrogen) atoms. The Morgan fingerprint density at radius 2 is 2.18 bits per heavy atom. The van der Waals surface area contributed by atoms with E-state index in [0.717, 1.165) is 13.1 Å². The molecule has 1 aromatic rings. The third-order valence-corrected chi connectivity index (χ3v) is 4.51. The van der Waals surface area contributed by atoms with Crippen molar-refractivity contribution in [3.8, 4) is 0 Å². The van der Waals surface area contributed by atoms with Crippen molar-refractivity contribution in [2.24, 2.45) is 0 Å². The minimum atomic E-state index is 0.00903. The van der Waals surface area contributed by atoms with Gasteiger partial charge >= 0.3 is 0 Å². The normalized spacial score (nSPS) is 19.4. The zero-order valence-corrected chi connectivity index (χ0v) is 14.2. The number of rotatable bonds is 5. The summed E-state index contributed by atoms with van der Waals surface area (Å²) in [6.07, 6.45) is 0.448. The van der Waals surface area contributed by atoms with Gasteiger partial charge in [-0.2, -0.15) is 0 Å². The first-order valence-electron chi connectivity index (χ1n) is 8.15. The minimum Gasteiger partial charge on any atom is -0.375 e. The maximum Gasteiger partial charge on any atom is 0.222 e. The van der Waals surface area contributed by atoms with Crippen LogP contribution in [0.5, 0.6) is 0 Å². The Balaban J connectivity index is 1.82. The SMILES string of the molecule is Cc1cccc(CNC(=O)C[C@H]2CN(C(C)C)CCO2)c1C. The number of morpholine rings is 1. The summed E-state index contributed by atoms with van der Waals surface area (Å²) < 4.78 is 5.72. The van der Waals surface area contributed by atoms with Gasteiger partial charge in [0.25, 0.3) is 0 Å². The Hall–Kier alpha value is -1.39. The molecule has 1 saturated heterocycles. The van der Waals surface area contributed by atoms with Gasteiger partial charge in [0.15, 0.2) is 0 Å². The lowest BCUT2D eigenvalue weighted by Gasteiger charge is -2.35. The first-order chi connectivity index (χ1) is 10.5. The molecule has 0 saturated carbocycles. The van der Waals surface area contributed by atoms with Gasteiger partial charge in [-0.3, -0.25) is 9.69 Å². The van der Waals surface area contributed by atoms with Crippen LogP contribution in [0.25, 0.3) is 0 Å². The molecule has 1 N–H and O–H groups in total. The van der Waals surface area contributed by atoms with E-state index >= 15 is 0 Å². The van der Waals surface area contributed by atoms with Gasteiger partial charge in [0.2, 0.25) is 5.91 Å². The molecular formula is C18H28N2O2. The Morgan fingerprint density at radius 3 is 2.91 bits per heavy atom. The molecule has 122 valence electrons. The van der Waals surface area contributed by atoms with E-state index in [1.54, 1.807) is 0 Å². The standard InChI is InChI=1S/C18H28N2O2/c1-13(2)20-8-9-22-17(12-20)10-18(21)19-11-16-7-5-6-14(3)15(16)4/h5-7,13,17H,8-12H2,1-4H3,(H,19,21)/t17-/m0/s1. The molecule has 1 aliphatic heterocycles. The highest BCUT2D eigenvalue weighted by Gasteiger charge is 2.24. The first-order valence-corrected chi connectivity index (χ1v) is 8.15. The highest BCUT2D eigenvalue weighted by atomic mass is 16.5. The van der Waals surface area contributed by atoms with Crippen molar-refractivity contribution in [3.05, 3.63) is 34.9 Å². The second-order valence-corrected chi connectivity index (χ2v) is 6.42. The number of ether oxygens (including phenoxy) is 1. The van der Waals surface area contributed by atoms with Crippen molar-refractivity contribution in [3.63, 3.8) is 0 Å². The van der Waals surface area contributed by atoms with Gasteiger partial charge in [0.05, 0.1) is 19.1 Å². The average molecular weight is 304 g/mol. The Morgan fingerprint density at radius 1 is 1.41 bits per heavy atom. The molecule has 0 radical (unpaired) electrons. The molecular weight excluding hydrogens is 276 g/mol. The molecule has 1 aliphatic rings. The van der Waals surface area contributed by atoms with E-state index in [9.17, 15) is 4.79 Å². The molecule has 0 aromatic heterocycles. The van der Waals surface area contributed by atoms with E-state index in [1.807, 2.05) is 6.07 Å². The van der Waals surface area contributed by atoms with Crippen molar-refractivity contribution >= 4 is 5.91 Å². The van der Waals surface area contributed by atoms with Crippen molar-refractivity contribution < 1.29 is 9.53 Å². The summed E-state index contributed by atoms with van der Waals surface area (Å²) in [5.41, 5.74) is 3.69. The van der Waals surface area contributed by atoms with Crippen molar-refractivity contribution in [1.29, 1.82) is 0 Å². The number of aryl methyl sites for hydroxylation is 1. The molecule has 1 amide bonds. The van der Waals surface area contributed by atoms with E-state index in [2.05, 4.69) is 50.0 Å². The lowest BCUT2D eigenvalue weighted by Crippen LogP contribution is -2.47. The van der Waals surface area contributed by atoms with Gasteiger partial charge in [-0.25, -0.2) is 0 Å². The number of nitrogens with zero attached hydrogens (tertiary/aromatic N) is 1. The number of hydrogen-bond donors (Lipinski definition) is 1. The van der Waals surface area contributed by atoms with Gasteiger partial charge in [-0.15, -0.1) is 0 Å². The molecule has 1 fully saturated rings. The van der Waals surface area contributed by atoms with Crippen LogP contribution in [0.3, 0.4) is 0 Å². The van der Waals surface area contributed by atoms with Crippen LogP contribution >= 0.6 is 0 Å². The maximum atomic E-state index is 12.1. The molecule has 4 heteroatoms. The summed E-state index contributed by atoms with van der Waals surface area (Å²) in [7, 11) is 0. The average Bonchev–Trinajstić information content (AvgIpc) is 2.49. The fraction of sp³-hybridized carbons (Fsp3) is 0.611. The lowest BCUT2D eigenvalue weighted by atomic mass is 10.0. The third-order valence-electron chi connectivity index (χ3n) is 4.51. The van der Waals surface area contributed by atoms with Crippen molar-refractivity contribution in [1.82, 2.24) is 10.2 Å². The molecule has 0 bridgehead atoms. The van der Waals surface area contributed by atoms with E-state index in [-0.39, 0.29) is 12.0 Å². The second kappa shape index (κ2) is 7.75. The smallest absolute Gasteiger partial charge is 0.222 e. The zero-order chi connectivity index (χ0) is 16.1. The van der Waals surface area contributed by atoms with Crippen LogP contribution in [-0.2, 0) is 16.1 Å². The molecule has 4 nitrogen and oxygen atoms in total. The summed E-state index contributed by atoms with van der Waals surface area (Å²) in [6, 6.07) is 6.70. The molecule has 1 atom stereocenters. The van der Waals surface area contributed by atoms with Gasteiger partial charge in [-0.05, 0) is 44.4 Å². The third kappa shape index (κ3) is 4.55. The van der Waals surface area contributed by atoms with Gasteiger partial charge < -0.3 is 10.1 Å². The highest BCUT2D eigenvalue weighted by Crippen LogP contribution is 2.14. The summed E-state index contributed by atoms with van der Waals surface area (Å²) in [6.45, 7) is 11.7. The quantitative estimate of drug-likeness (QED) is 0.908. The lowest BCUT2D eigenvalue weighted by molar-refractivity contribution is -0.126. The molecule has 1 heterocycles. The van der Waals surface area contributed by atoms with Crippen molar-refractivity contribution in [2.45, 2.75) is 52.8 Å². The number of carbonyl (C=O) groups excluding carboxylic acids is 1. The zero-order valence-electron chi connectivity index (χ0n) is 14.2. The highest BCUT2D eigenvalue weighted by molar-refractivity contribution is 5.76. The molecule has 2 rings (SSSR count). The van der Waals surface area contributed by atoms with E-state index < -0.39 is 0 Å². The Bertz CT molecular complexity index is 514. The largest absolute Gasteiger partial charge is 0.375 e. The summed E-state index contributed by atoms with van der Waals surface area (Å²) in [4.78, 5) is 14.5. The number of benzene rings is 1. The Labute approximate surface area is 133 Å². The van der Waals surface area contributed by atoms with Crippen LogP contribution in [0.4, 0.5) is 0 Å². The number of carbonyl (C=O) groups is 1. The molecule has 0 aliphatic carbocycles. The molecule has 0 unspecified atom stereocenters. The van der Waals surface area contributed by atoms with Crippen molar-refractivity contribution in [2.75, 3.05) is 19.7 Å². The van der Waals surface area contributed by atoms with Crippen LogP contribution in [0.1, 0.15) is 37.0 Å². The number of nitrogens with one attached hydrogen (secondary N) is 1. The Kier molecular flexibility index (Phi) is 5.98. The summed E-state index contributed by atoms with van der Waals surface area (Å²) >= 11 is 0. The fourth-order valence-corrected chi connectivity index (χ4v) is 2.81. The summed E-state index contributed by atoms with van der Waals surface area (Å²) in [5.74, 6) is 0.0662. The van der Waals surface area contributed by atoms with E-state index in [4.69, 9.17) is 4.74 Å².